The van der Waals surface area contributed by atoms with Crippen molar-refractivity contribution in [3.05, 3.63) is 71.4 Å². The van der Waals surface area contributed by atoms with Crippen molar-refractivity contribution in [2.24, 2.45) is 5.92 Å². The minimum absolute atomic E-state index is 0.0594. The molecule has 1 unspecified atom stereocenters. The predicted molar refractivity (Wildman–Crippen MR) is 91.8 cm³/mol. The summed E-state index contributed by atoms with van der Waals surface area (Å²) in [4.78, 5) is 12.5. The fourth-order valence-electron chi connectivity index (χ4n) is 3.21. The first-order chi connectivity index (χ1) is 12.2. The molecule has 5 nitrogen and oxygen atoms in total. The molecule has 126 valence electrons. The summed E-state index contributed by atoms with van der Waals surface area (Å²) in [5.41, 5.74) is 2.42. The summed E-state index contributed by atoms with van der Waals surface area (Å²) >= 11 is 0. The van der Waals surface area contributed by atoms with Gasteiger partial charge in [-0.3, -0.25) is 4.79 Å². The highest BCUT2D eigenvalue weighted by Crippen LogP contribution is 2.31. The molecule has 0 fully saturated rings. The molecule has 4 rings (SSSR count). The summed E-state index contributed by atoms with van der Waals surface area (Å²) in [7, 11) is 0. The number of hydrogen-bond acceptors (Lipinski definition) is 5. The van der Waals surface area contributed by atoms with E-state index in [4.69, 9.17) is 9.15 Å². The van der Waals surface area contributed by atoms with Crippen molar-refractivity contribution in [1.82, 2.24) is 10.2 Å². The van der Waals surface area contributed by atoms with E-state index in [9.17, 15) is 4.79 Å². The summed E-state index contributed by atoms with van der Waals surface area (Å²) in [6, 6.07) is 15.8. The van der Waals surface area contributed by atoms with E-state index < -0.39 is 0 Å². The summed E-state index contributed by atoms with van der Waals surface area (Å²) in [6.45, 7) is 1.69. The minimum Gasteiger partial charge on any atom is -0.457 e. The maximum Gasteiger partial charge on any atom is 0.284 e. The number of benzene rings is 2. The predicted octanol–water partition coefficient (Wildman–Crippen LogP) is 4.16. The second-order valence-corrected chi connectivity index (χ2v) is 6.28. The summed E-state index contributed by atoms with van der Waals surface area (Å²) in [5.74, 6) is 2.02. The van der Waals surface area contributed by atoms with Crippen LogP contribution in [0.2, 0.25) is 0 Å². The topological polar surface area (TPSA) is 65.2 Å². The second-order valence-electron chi connectivity index (χ2n) is 6.28. The van der Waals surface area contributed by atoms with Crippen LogP contribution < -0.4 is 4.74 Å². The van der Waals surface area contributed by atoms with E-state index in [1.54, 1.807) is 6.92 Å². The molecule has 1 aliphatic rings. The van der Waals surface area contributed by atoms with Gasteiger partial charge in [-0.2, -0.15) is 0 Å². The smallest absolute Gasteiger partial charge is 0.284 e. The molecule has 1 aliphatic carbocycles. The van der Waals surface area contributed by atoms with E-state index in [1.807, 2.05) is 42.5 Å². The zero-order valence-electron chi connectivity index (χ0n) is 13.9. The van der Waals surface area contributed by atoms with Crippen molar-refractivity contribution in [1.29, 1.82) is 0 Å². The highest BCUT2D eigenvalue weighted by Gasteiger charge is 2.29. The first kappa shape index (κ1) is 15.6. The third kappa shape index (κ3) is 3.31. The number of para-hydroxylation sites is 1. The number of fused-ring (bicyclic) bond motifs is 1. The molecule has 0 saturated carbocycles. The number of ketones is 1. The van der Waals surface area contributed by atoms with Crippen molar-refractivity contribution in [3.63, 3.8) is 0 Å². The number of rotatable bonds is 4. The number of aromatic nitrogens is 2. The molecule has 0 amide bonds. The Balaban J connectivity index is 1.49. The van der Waals surface area contributed by atoms with Gasteiger partial charge in [0, 0.05) is 12.8 Å². The lowest BCUT2D eigenvalue weighted by Gasteiger charge is -2.23. The van der Waals surface area contributed by atoms with Crippen molar-refractivity contribution in [3.8, 4) is 11.5 Å². The maximum absolute atomic E-state index is 12.5. The van der Waals surface area contributed by atoms with Crippen LogP contribution in [0.15, 0.2) is 52.9 Å². The maximum atomic E-state index is 12.5. The van der Waals surface area contributed by atoms with Crippen LogP contribution in [0.5, 0.6) is 11.5 Å². The molecule has 1 atom stereocenters. The molecule has 0 N–H and O–H groups in total. The first-order valence-corrected chi connectivity index (χ1v) is 8.38. The van der Waals surface area contributed by atoms with Crippen molar-refractivity contribution in [2.75, 3.05) is 0 Å². The SMILES string of the molecule is Cc1nnc(C(=O)C2CCc3cc(Oc4ccccc4)ccc3C2)o1. The molecular weight excluding hydrogens is 316 g/mol. The van der Waals surface area contributed by atoms with Gasteiger partial charge in [-0.1, -0.05) is 24.3 Å². The van der Waals surface area contributed by atoms with E-state index in [0.717, 1.165) is 24.3 Å². The van der Waals surface area contributed by atoms with Crippen molar-refractivity contribution < 1.29 is 13.9 Å². The molecule has 5 heteroatoms. The Bertz CT molecular complexity index is 902. The van der Waals surface area contributed by atoms with Crippen LogP contribution in [-0.2, 0) is 12.8 Å². The van der Waals surface area contributed by atoms with Crippen LogP contribution in [0.4, 0.5) is 0 Å². The third-order valence-corrected chi connectivity index (χ3v) is 4.49. The van der Waals surface area contributed by atoms with Crippen LogP contribution in [0.1, 0.15) is 34.1 Å². The standard InChI is InChI=1S/C20H18N2O3/c1-13-21-22-20(24-13)19(23)16-8-7-15-12-18(10-9-14(15)11-16)25-17-5-3-2-4-6-17/h2-6,9-10,12,16H,7-8,11H2,1H3. The van der Waals surface area contributed by atoms with E-state index in [-0.39, 0.29) is 17.6 Å². The Hall–Kier alpha value is -2.95. The van der Waals surface area contributed by atoms with E-state index in [2.05, 4.69) is 16.3 Å². The van der Waals surface area contributed by atoms with Gasteiger partial charge in [0.2, 0.25) is 11.7 Å². The molecule has 0 spiro atoms. The van der Waals surface area contributed by atoms with Crippen LogP contribution in [-0.4, -0.2) is 16.0 Å². The lowest BCUT2D eigenvalue weighted by molar-refractivity contribution is 0.0871. The van der Waals surface area contributed by atoms with Crippen LogP contribution in [0, 0.1) is 12.8 Å². The molecule has 0 radical (unpaired) electrons. The molecule has 3 aromatic rings. The molecule has 0 saturated heterocycles. The average molecular weight is 334 g/mol. The Morgan fingerprint density at radius 1 is 1.08 bits per heavy atom. The third-order valence-electron chi connectivity index (χ3n) is 4.49. The fourth-order valence-corrected chi connectivity index (χ4v) is 3.21. The van der Waals surface area contributed by atoms with Crippen molar-refractivity contribution >= 4 is 5.78 Å². The first-order valence-electron chi connectivity index (χ1n) is 8.38. The van der Waals surface area contributed by atoms with Gasteiger partial charge in [0.25, 0.3) is 5.89 Å². The molecule has 25 heavy (non-hydrogen) atoms. The Kier molecular flexibility index (Phi) is 4.06. The molecule has 0 aliphatic heterocycles. The molecule has 2 aromatic carbocycles. The monoisotopic (exact) mass is 334 g/mol. The lowest BCUT2D eigenvalue weighted by atomic mass is 9.81. The molecular formula is C20H18N2O3. The van der Waals surface area contributed by atoms with Crippen LogP contribution in [0.25, 0.3) is 0 Å². The Morgan fingerprint density at radius 3 is 2.68 bits per heavy atom. The zero-order valence-corrected chi connectivity index (χ0v) is 13.9. The summed E-state index contributed by atoms with van der Waals surface area (Å²) in [5, 5.41) is 7.60. The van der Waals surface area contributed by atoms with E-state index in [0.29, 0.717) is 12.3 Å². The minimum atomic E-state index is -0.103. The normalized spacial score (nSPS) is 16.3. The summed E-state index contributed by atoms with van der Waals surface area (Å²) in [6.07, 6.45) is 2.31. The number of hydrogen-bond donors (Lipinski definition) is 0. The van der Waals surface area contributed by atoms with Gasteiger partial charge in [-0.25, -0.2) is 0 Å². The van der Waals surface area contributed by atoms with Gasteiger partial charge in [-0.15, -0.1) is 10.2 Å². The van der Waals surface area contributed by atoms with Crippen molar-refractivity contribution in [2.45, 2.75) is 26.2 Å². The number of ether oxygens (including phenoxy) is 1. The average Bonchev–Trinajstić information content (AvgIpc) is 3.08. The Labute approximate surface area is 145 Å². The van der Waals surface area contributed by atoms with Gasteiger partial charge in [0.1, 0.15) is 11.5 Å². The number of carbonyl (C=O) groups is 1. The number of nitrogens with zero attached hydrogens (tertiary/aromatic N) is 2. The lowest BCUT2D eigenvalue weighted by Crippen LogP contribution is -2.23. The molecule has 0 bridgehead atoms. The number of carbonyl (C=O) groups excluding carboxylic acids is 1. The van der Waals surface area contributed by atoms with E-state index in [1.165, 1.54) is 11.1 Å². The molecule has 1 heterocycles. The zero-order chi connectivity index (χ0) is 17.2. The number of Topliss-reactive ketones (excluding diaryl/α,β-unsaturated/α-hetero) is 1. The highest BCUT2D eigenvalue weighted by molar-refractivity contribution is 5.93. The van der Waals surface area contributed by atoms with Gasteiger partial charge < -0.3 is 9.15 Å². The van der Waals surface area contributed by atoms with Gasteiger partial charge in [0.15, 0.2) is 0 Å². The van der Waals surface area contributed by atoms with Gasteiger partial charge in [-0.05, 0) is 54.7 Å². The van der Waals surface area contributed by atoms with Crippen LogP contribution in [0.3, 0.4) is 0 Å². The molecule has 1 aromatic heterocycles. The quantitative estimate of drug-likeness (QED) is 0.670. The van der Waals surface area contributed by atoms with E-state index >= 15 is 0 Å². The summed E-state index contributed by atoms with van der Waals surface area (Å²) < 4.78 is 11.2. The van der Waals surface area contributed by atoms with Gasteiger partial charge >= 0.3 is 0 Å². The fraction of sp³-hybridized carbons (Fsp3) is 0.250. The largest absolute Gasteiger partial charge is 0.457 e. The number of aryl methyl sites for hydroxylation is 2. The van der Waals surface area contributed by atoms with Crippen LogP contribution >= 0.6 is 0 Å². The Morgan fingerprint density at radius 2 is 1.92 bits per heavy atom. The van der Waals surface area contributed by atoms with Gasteiger partial charge in [0.05, 0.1) is 0 Å². The second kappa shape index (κ2) is 6.51. The highest BCUT2D eigenvalue weighted by atomic mass is 16.5.